The molecule has 1 aliphatic carbocycles. The fourth-order valence-electron chi connectivity index (χ4n) is 3.55. The molecule has 5 rings (SSSR count). The molecule has 0 aliphatic heterocycles. The number of alkyl halides is 3. The molecule has 0 atom stereocenters. The minimum atomic E-state index is -4.59. The second kappa shape index (κ2) is 9.67. The van der Waals surface area contributed by atoms with E-state index in [1.165, 1.54) is 25.4 Å². The SMILES string of the molecule is COc1ccc(C(F)(F)F)cc1-c1cc(-c2cnn(C)c2)ncc1C(=O)Nc1nnc(C#CC2CC2)s1. The van der Waals surface area contributed by atoms with Gasteiger partial charge >= 0.3 is 6.18 Å². The van der Waals surface area contributed by atoms with Crippen LogP contribution in [0.25, 0.3) is 22.4 Å². The van der Waals surface area contributed by atoms with Crippen molar-refractivity contribution in [2.24, 2.45) is 13.0 Å². The summed E-state index contributed by atoms with van der Waals surface area (Å²) in [5.41, 5.74) is 0.497. The maximum atomic E-state index is 13.6. The van der Waals surface area contributed by atoms with Crippen LogP contribution in [0.2, 0.25) is 0 Å². The third-order valence-electron chi connectivity index (χ3n) is 5.57. The second-order valence-electron chi connectivity index (χ2n) is 8.34. The number of hydrogen-bond acceptors (Lipinski definition) is 7. The third-order valence-corrected chi connectivity index (χ3v) is 6.33. The molecule has 0 saturated heterocycles. The molecule has 0 spiro atoms. The molecule has 4 aromatic rings. The Morgan fingerprint density at radius 1 is 1.19 bits per heavy atom. The van der Waals surface area contributed by atoms with Crippen LogP contribution in [0.5, 0.6) is 5.75 Å². The van der Waals surface area contributed by atoms with Crippen molar-refractivity contribution in [1.29, 1.82) is 0 Å². The number of benzene rings is 1. The molecular formula is C25H19F3N6O2S. The summed E-state index contributed by atoms with van der Waals surface area (Å²) in [6.45, 7) is 0. The van der Waals surface area contributed by atoms with Gasteiger partial charge in [-0.15, -0.1) is 10.2 Å². The molecule has 1 N–H and O–H groups in total. The number of methoxy groups -OCH3 is 1. The summed E-state index contributed by atoms with van der Waals surface area (Å²) in [5, 5.41) is 15.4. The number of amides is 1. The number of carbonyl (C=O) groups excluding carboxylic acids is 1. The quantitative estimate of drug-likeness (QED) is 0.368. The molecule has 8 nitrogen and oxygen atoms in total. The second-order valence-corrected chi connectivity index (χ2v) is 9.32. The van der Waals surface area contributed by atoms with Crippen LogP contribution in [0.15, 0.2) is 42.9 Å². The first kappa shape index (κ1) is 24.5. The Labute approximate surface area is 213 Å². The van der Waals surface area contributed by atoms with E-state index in [-0.39, 0.29) is 27.6 Å². The summed E-state index contributed by atoms with van der Waals surface area (Å²) in [5.74, 6) is 5.96. The van der Waals surface area contributed by atoms with Crippen LogP contribution in [-0.4, -0.2) is 38.0 Å². The average molecular weight is 525 g/mol. The first-order chi connectivity index (χ1) is 17.7. The number of ether oxygens (including phenoxy) is 1. The normalized spacial score (nSPS) is 13.1. The van der Waals surface area contributed by atoms with Gasteiger partial charge in [0.2, 0.25) is 5.13 Å². The topological polar surface area (TPSA) is 94.8 Å². The van der Waals surface area contributed by atoms with E-state index in [9.17, 15) is 18.0 Å². The van der Waals surface area contributed by atoms with Gasteiger partial charge in [0.05, 0.1) is 30.1 Å². The van der Waals surface area contributed by atoms with E-state index in [1.807, 2.05) is 0 Å². The summed E-state index contributed by atoms with van der Waals surface area (Å²) in [7, 11) is 3.08. The van der Waals surface area contributed by atoms with Gasteiger partial charge in [0.25, 0.3) is 5.91 Å². The lowest BCUT2D eigenvalue weighted by Crippen LogP contribution is -2.14. The van der Waals surface area contributed by atoms with Crippen LogP contribution in [0.3, 0.4) is 0 Å². The zero-order valence-corrected chi connectivity index (χ0v) is 20.4. The Balaban J connectivity index is 1.57. The predicted molar refractivity (Wildman–Crippen MR) is 131 cm³/mol. The summed E-state index contributed by atoms with van der Waals surface area (Å²) >= 11 is 1.11. The average Bonchev–Trinajstić information content (AvgIpc) is 3.44. The number of anilines is 1. The van der Waals surface area contributed by atoms with Crippen molar-refractivity contribution in [3.8, 4) is 40.0 Å². The number of carbonyl (C=O) groups is 1. The zero-order chi connectivity index (χ0) is 26.2. The smallest absolute Gasteiger partial charge is 0.416 e. The number of hydrogen-bond donors (Lipinski definition) is 1. The highest BCUT2D eigenvalue weighted by molar-refractivity contribution is 7.15. The van der Waals surface area contributed by atoms with E-state index in [4.69, 9.17) is 4.74 Å². The Morgan fingerprint density at radius 2 is 2.00 bits per heavy atom. The van der Waals surface area contributed by atoms with E-state index in [0.29, 0.717) is 22.2 Å². The zero-order valence-electron chi connectivity index (χ0n) is 19.6. The summed E-state index contributed by atoms with van der Waals surface area (Å²) in [6, 6.07) is 4.64. The number of nitrogens with zero attached hydrogens (tertiary/aromatic N) is 5. The summed E-state index contributed by atoms with van der Waals surface area (Å²) in [6.07, 6.45) is 2.13. The Hall–Kier alpha value is -4.24. The maximum Gasteiger partial charge on any atom is 0.416 e. The van der Waals surface area contributed by atoms with E-state index in [0.717, 1.165) is 36.3 Å². The van der Waals surface area contributed by atoms with Crippen LogP contribution >= 0.6 is 11.3 Å². The van der Waals surface area contributed by atoms with Gasteiger partial charge in [-0.1, -0.05) is 17.3 Å². The fourth-order valence-corrected chi connectivity index (χ4v) is 4.15. The monoisotopic (exact) mass is 524 g/mol. The number of aryl methyl sites for hydroxylation is 1. The van der Waals surface area contributed by atoms with Gasteiger partial charge in [0, 0.05) is 42.0 Å². The van der Waals surface area contributed by atoms with Gasteiger partial charge in [-0.2, -0.15) is 18.3 Å². The Kier molecular flexibility index (Phi) is 6.39. The molecule has 1 amide bonds. The van der Waals surface area contributed by atoms with Crippen molar-refractivity contribution in [3.63, 3.8) is 0 Å². The van der Waals surface area contributed by atoms with E-state index < -0.39 is 17.6 Å². The molecule has 1 saturated carbocycles. The van der Waals surface area contributed by atoms with E-state index in [2.05, 4.69) is 37.4 Å². The van der Waals surface area contributed by atoms with Gasteiger partial charge in [-0.25, -0.2) is 0 Å². The first-order valence-electron chi connectivity index (χ1n) is 11.1. The van der Waals surface area contributed by atoms with E-state index >= 15 is 0 Å². The number of nitrogens with one attached hydrogen (secondary N) is 1. The molecule has 3 heterocycles. The minimum Gasteiger partial charge on any atom is -0.496 e. The molecule has 12 heteroatoms. The van der Waals surface area contributed by atoms with Gasteiger partial charge in [-0.05, 0) is 43.0 Å². The molecule has 188 valence electrons. The molecule has 1 aliphatic rings. The van der Waals surface area contributed by atoms with Crippen LogP contribution in [0.4, 0.5) is 18.3 Å². The van der Waals surface area contributed by atoms with Crippen LogP contribution in [0, 0.1) is 17.8 Å². The Morgan fingerprint density at radius 3 is 2.68 bits per heavy atom. The maximum absolute atomic E-state index is 13.6. The molecule has 0 bridgehead atoms. The van der Waals surface area contributed by atoms with Crippen molar-refractivity contribution in [3.05, 3.63) is 59.0 Å². The lowest BCUT2D eigenvalue weighted by atomic mass is 9.96. The molecule has 0 unspecified atom stereocenters. The van der Waals surface area contributed by atoms with Crippen molar-refractivity contribution in [2.75, 3.05) is 12.4 Å². The van der Waals surface area contributed by atoms with Crippen LogP contribution in [-0.2, 0) is 13.2 Å². The van der Waals surface area contributed by atoms with Crippen molar-refractivity contribution >= 4 is 22.4 Å². The summed E-state index contributed by atoms with van der Waals surface area (Å²) in [4.78, 5) is 17.7. The number of rotatable bonds is 5. The van der Waals surface area contributed by atoms with Gasteiger partial charge < -0.3 is 4.74 Å². The van der Waals surface area contributed by atoms with Crippen LogP contribution < -0.4 is 10.1 Å². The van der Waals surface area contributed by atoms with Crippen molar-refractivity contribution in [1.82, 2.24) is 25.0 Å². The molecule has 0 radical (unpaired) electrons. The highest BCUT2D eigenvalue weighted by Gasteiger charge is 2.32. The summed E-state index contributed by atoms with van der Waals surface area (Å²) < 4.78 is 47.6. The fraction of sp³-hybridized carbons (Fsp3) is 0.240. The molecule has 1 fully saturated rings. The van der Waals surface area contributed by atoms with Crippen molar-refractivity contribution < 1.29 is 22.7 Å². The first-order valence-corrected chi connectivity index (χ1v) is 11.9. The van der Waals surface area contributed by atoms with E-state index in [1.54, 1.807) is 24.1 Å². The molecule has 3 aromatic heterocycles. The highest BCUT2D eigenvalue weighted by atomic mass is 32.1. The number of halogens is 3. The Bertz CT molecular complexity index is 1550. The highest BCUT2D eigenvalue weighted by Crippen LogP contribution is 2.39. The van der Waals surface area contributed by atoms with Gasteiger partial charge in [-0.3, -0.25) is 19.8 Å². The third kappa shape index (κ3) is 5.46. The standard InChI is InChI=1S/C25H19F3N6O2S/c1-34-13-15(11-30-34)20-10-17(18-9-16(25(26,27)28)6-7-21(18)36-2)19(12-29-20)23(35)31-24-33-32-22(37-24)8-5-14-3-4-14/h6-7,9-14H,3-4H2,1-2H3,(H,31,33,35). The molecule has 37 heavy (non-hydrogen) atoms. The lowest BCUT2D eigenvalue weighted by Gasteiger charge is -2.16. The van der Waals surface area contributed by atoms with Crippen molar-refractivity contribution in [2.45, 2.75) is 19.0 Å². The predicted octanol–water partition coefficient (Wildman–Crippen LogP) is 5.04. The molecule has 1 aromatic carbocycles. The minimum absolute atomic E-state index is 0.0334. The molecular weight excluding hydrogens is 505 g/mol. The number of aromatic nitrogens is 5. The van der Waals surface area contributed by atoms with Crippen LogP contribution in [0.1, 0.15) is 33.8 Å². The largest absolute Gasteiger partial charge is 0.496 e. The lowest BCUT2D eigenvalue weighted by molar-refractivity contribution is -0.137. The van der Waals surface area contributed by atoms with Gasteiger partial charge in [0.15, 0.2) is 5.01 Å². The number of pyridine rings is 1. The van der Waals surface area contributed by atoms with Gasteiger partial charge in [0.1, 0.15) is 5.75 Å².